The highest BCUT2D eigenvalue weighted by Gasteiger charge is 2.28. The second-order valence-corrected chi connectivity index (χ2v) is 5.07. The number of nitrogens with zero attached hydrogens (tertiary/aromatic N) is 1. The highest BCUT2D eigenvalue weighted by atomic mass is 16.4. The Labute approximate surface area is 109 Å². The molecule has 18 heavy (non-hydrogen) atoms. The van der Waals surface area contributed by atoms with Gasteiger partial charge in [0, 0.05) is 6.42 Å². The number of amides is 1. The predicted molar refractivity (Wildman–Crippen MR) is 71.4 cm³/mol. The summed E-state index contributed by atoms with van der Waals surface area (Å²) in [6.45, 7) is 2.05. The van der Waals surface area contributed by atoms with Crippen LogP contribution >= 0.6 is 0 Å². The first-order valence-corrected chi connectivity index (χ1v) is 6.95. The summed E-state index contributed by atoms with van der Waals surface area (Å²) in [6.07, 6.45) is 8.01. The Balaban J connectivity index is 2.57. The lowest BCUT2D eigenvalue weighted by molar-refractivity contribution is -0.121. The maximum absolute atomic E-state index is 11.8. The maximum atomic E-state index is 11.8. The molecule has 1 rings (SSSR count). The van der Waals surface area contributed by atoms with Crippen LogP contribution in [0.15, 0.2) is 5.16 Å². The molecular formula is C13H25N3O2. The summed E-state index contributed by atoms with van der Waals surface area (Å²) in [5.41, 5.74) is 5.71. The fourth-order valence-corrected chi connectivity index (χ4v) is 2.55. The lowest BCUT2D eigenvalue weighted by Crippen LogP contribution is -2.49. The monoisotopic (exact) mass is 255 g/mol. The van der Waals surface area contributed by atoms with Crippen LogP contribution in [0.25, 0.3) is 0 Å². The molecule has 1 aliphatic carbocycles. The van der Waals surface area contributed by atoms with E-state index in [0.717, 1.165) is 38.5 Å². The van der Waals surface area contributed by atoms with Gasteiger partial charge < -0.3 is 16.3 Å². The number of unbranched alkanes of at least 4 members (excludes halogenated alkanes) is 1. The molecular weight excluding hydrogens is 230 g/mol. The molecule has 1 aliphatic rings. The Morgan fingerprint density at radius 1 is 1.44 bits per heavy atom. The minimum absolute atomic E-state index is 0.000904. The molecule has 1 atom stereocenters. The van der Waals surface area contributed by atoms with Crippen LogP contribution in [0.1, 0.15) is 58.3 Å². The van der Waals surface area contributed by atoms with Crippen molar-refractivity contribution in [3.8, 4) is 0 Å². The minimum Gasteiger partial charge on any atom is -0.409 e. The molecule has 0 radical (unpaired) electrons. The summed E-state index contributed by atoms with van der Waals surface area (Å²) in [5.74, 6) is 0.436. The molecule has 0 heterocycles. The Morgan fingerprint density at radius 3 is 2.67 bits per heavy atom. The number of nitrogens with one attached hydrogen (secondary N) is 1. The molecule has 0 aromatic rings. The fraction of sp³-hybridized carbons (Fsp3) is 0.846. The molecule has 5 nitrogen and oxygen atoms in total. The third-order valence-corrected chi connectivity index (χ3v) is 3.63. The maximum Gasteiger partial charge on any atom is 0.220 e. The normalized spacial score (nSPS) is 19.5. The van der Waals surface area contributed by atoms with E-state index in [1.165, 1.54) is 6.42 Å². The number of rotatable bonds is 6. The Morgan fingerprint density at radius 2 is 2.11 bits per heavy atom. The second-order valence-electron chi connectivity index (χ2n) is 5.07. The van der Waals surface area contributed by atoms with E-state index in [9.17, 15) is 4.79 Å². The van der Waals surface area contributed by atoms with Crippen molar-refractivity contribution >= 4 is 11.7 Å². The van der Waals surface area contributed by atoms with E-state index in [1.54, 1.807) is 0 Å². The van der Waals surface area contributed by atoms with Gasteiger partial charge in [-0.05, 0) is 25.2 Å². The van der Waals surface area contributed by atoms with Gasteiger partial charge in [0.15, 0.2) is 5.84 Å². The first-order chi connectivity index (χ1) is 8.69. The second kappa shape index (κ2) is 7.95. The summed E-state index contributed by atoms with van der Waals surface area (Å²) in [6, 6.07) is -0.306. The molecule has 1 unspecified atom stereocenters. The smallest absolute Gasteiger partial charge is 0.220 e. The van der Waals surface area contributed by atoms with Gasteiger partial charge in [-0.15, -0.1) is 0 Å². The van der Waals surface area contributed by atoms with Crippen molar-refractivity contribution in [1.82, 2.24) is 5.32 Å². The Kier molecular flexibility index (Phi) is 6.54. The van der Waals surface area contributed by atoms with Gasteiger partial charge in [-0.2, -0.15) is 0 Å². The van der Waals surface area contributed by atoms with Crippen LogP contribution in [-0.4, -0.2) is 23.0 Å². The van der Waals surface area contributed by atoms with Crippen LogP contribution in [0.3, 0.4) is 0 Å². The molecule has 0 spiro atoms. The van der Waals surface area contributed by atoms with Gasteiger partial charge in [0.2, 0.25) is 5.91 Å². The van der Waals surface area contributed by atoms with E-state index >= 15 is 0 Å². The minimum atomic E-state index is -0.306. The number of carbonyl (C=O) groups excluding carboxylic acids is 1. The van der Waals surface area contributed by atoms with Gasteiger partial charge in [0.1, 0.15) is 0 Å². The van der Waals surface area contributed by atoms with Crippen LogP contribution in [0, 0.1) is 5.92 Å². The number of amidine groups is 1. The summed E-state index contributed by atoms with van der Waals surface area (Å²) in [4.78, 5) is 11.8. The summed E-state index contributed by atoms with van der Waals surface area (Å²) >= 11 is 0. The van der Waals surface area contributed by atoms with E-state index in [0.29, 0.717) is 12.3 Å². The average molecular weight is 255 g/mol. The number of nitrogens with two attached hydrogens (primary N) is 1. The zero-order valence-corrected chi connectivity index (χ0v) is 11.2. The lowest BCUT2D eigenvalue weighted by Gasteiger charge is -2.30. The highest BCUT2D eigenvalue weighted by molar-refractivity contribution is 5.90. The van der Waals surface area contributed by atoms with Crippen LogP contribution in [0.5, 0.6) is 0 Å². The van der Waals surface area contributed by atoms with E-state index < -0.39 is 0 Å². The molecule has 0 aromatic carbocycles. The summed E-state index contributed by atoms with van der Waals surface area (Å²) < 4.78 is 0. The van der Waals surface area contributed by atoms with Crippen molar-refractivity contribution in [2.24, 2.45) is 16.8 Å². The van der Waals surface area contributed by atoms with Gasteiger partial charge in [-0.3, -0.25) is 4.79 Å². The molecule has 1 amide bonds. The molecule has 5 heteroatoms. The van der Waals surface area contributed by atoms with Crippen molar-refractivity contribution in [2.75, 3.05) is 0 Å². The van der Waals surface area contributed by atoms with E-state index in [4.69, 9.17) is 10.9 Å². The van der Waals surface area contributed by atoms with E-state index in [1.807, 2.05) is 0 Å². The van der Waals surface area contributed by atoms with Crippen molar-refractivity contribution in [2.45, 2.75) is 64.3 Å². The first kappa shape index (κ1) is 14.8. The highest BCUT2D eigenvalue weighted by Crippen LogP contribution is 2.26. The van der Waals surface area contributed by atoms with Crippen LogP contribution in [0.2, 0.25) is 0 Å². The molecule has 4 N–H and O–H groups in total. The topological polar surface area (TPSA) is 87.7 Å². The largest absolute Gasteiger partial charge is 0.409 e. The SMILES string of the molecule is CCCCC(=O)NC(/C(N)=N/O)C1CCCCC1. The third kappa shape index (κ3) is 4.55. The number of hydrogen-bond donors (Lipinski definition) is 3. The van der Waals surface area contributed by atoms with Gasteiger partial charge in [0.05, 0.1) is 6.04 Å². The standard InChI is InChI=1S/C13H25N3O2/c1-2-3-9-11(17)15-12(13(14)16-18)10-7-5-4-6-8-10/h10,12,18H,2-9H2,1H3,(H2,14,16)(H,15,17). The predicted octanol–water partition coefficient (Wildman–Crippen LogP) is 1.99. The van der Waals surface area contributed by atoms with E-state index in [-0.39, 0.29) is 17.8 Å². The van der Waals surface area contributed by atoms with Gasteiger partial charge in [-0.1, -0.05) is 37.8 Å². The fourth-order valence-electron chi connectivity index (χ4n) is 2.55. The summed E-state index contributed by atoms with van der Waals surface area (Å²) in [7, 11) is 0. The van der Waals surface area contributed by atoms with Crippen molar-refractivity contribution in [3.63, 3.8) is 0 Å². The van der Waals surface area contributed by atoms with E-state index in [2.05, 4.69) is 17.4 Å². The number of hydrogen-bond acceptors (Lipinski definition) is 3. The van der Waals surface area contributed by atoms with Crippen LogP contribution in [-0.2, 0) is 4.79 Å². The van der Waals surface area contributed by atoms with Crippen LogP contribution in [0.4, 0.5) is 0 Å². The average Bonchev–Trinajstić information content (AvgIpc) is 2.42. The molecule has 0 aromatic heterocycles. The molecule has 0 aliphatic heterocycles. The lowest BCUT2D eigenvalue weighted by atomic mass is 9.83. The van der Waals surface area contributed by atoms with Gasteiger partial charge in [0.25, 0.3) is 0 Å². The number of carbonyl (C=O) groups is 1. The zero-order valence-electron chi connectivity index (χ0n) is 11.2. The molecule has 0 bridgehead atoms. The quantitative estimate of drug-likeness (QED) is 0.293. The van der Waals surface area contributed by atoms with Crippen molar-refractivity contribution in [1.29, 1.82) is 0 Å². The number of oxime groups is 1. The Hall–Kier alpha value is -1.26. The molecule has 104 valence electrons. The third-order valence-electron chi connectivity index (χ3n) is 3.63. The van der Waals surface area contributed by atoms with Crippen molar-refractivity contribution in [3.05, 3.63) is 0 Å². The summed E-state index contributed by atoms with van der Waals surface area (Å²) in [5, 5.41) is 14.8. The Bertz CT molecular complexity index is 286. The first-order valence-electron chi connectivity index (χ1n) is 6.95. The van der Waals surface area contributed by atoms with Crippen LogP contribution < -0.4 is 11.1 Å². The molecule has 0 saturated heterocycles. The van der Waals surface area contributed by atoms with Crippen molar-refractivity contribution < 1.29 is 10.0 Å². The zero-order chi connectivity index (χ0) is 13.4. The van der Waals surface area contributed by atoms with Gasteiger partial charge in [-0.25, -0.2) is 0 Å². The molecule has 1 saturated carbocycles. The van der Waals surface area contributed by atoms with Gasteiger partial charge >= 0.3 is 0 Å². The molecule has 1 fully saturated rings.